The molecule has 0 saturated carbocycles. The van der Waals surface area contributed by atoms with E-state index in [0.717, 1.165) is 0 Å². The van der Waals surface area contributed by atoms with Crippen molar-refractivity contribution in [1.82, 2.24) is 0 Å². The van der Waals surface area contributed by atoms with Gasteiger partial charge >= 0.3 is 0 Å². The Bertz CT molecular complexity index is 637. The van der Waals surface area contributed by atoms with Gasteiger partial charge in [-0.25, -0.2) is 0 Å². The molecule has 0 bridgehead atoms. The van der Waals surface area contributed by atoms with Crippen LogP contribution in [-0.4, -0.2) is 35.4 Å². The number of hydrogen-bond acceptors (Lipinski definition) is 7. The second-order valence-corrected chi connectivity index (χ2v) is 5.13. The quantitative estimate of drug-likeness (QED) is 0.269. The molecule has 8 nitrogen and oxygen atoms in total. The number of nitrogens with zero attached hydrogens (tertiary/aromatic N) is 2. The number of rotatable bonds is 6. The molecule has 0 radical (unpaired) electrons. The third-order valence-electron chi connectivity index (χ3n) is 2.03. The molecule has 10 heteroatoms. The van der Waals surface area contributed by atoms with Crippen LogP contribution in [0.5, 0.6) is 0 Å². The second-order valence-electron chi connectivity index (χ2n) is 3.37. The van der Waals surface area contributed by atoms with Gasteiger partial charge in [0.25, 0.3) is 15.8 Å². The van der Waals surface area contributed by atoms with E-state index in [0.29, 0.717) is 0 Å². The van der Waals surface area contributed by atoms with Crippen molar-refractivity contribution >= 4 is 44.6 Å². The van der Waals surface area contributed by atoms with E-state index >= 15 is 0 Å². The predicted octanol–water partition coefficient (Wildman–Crippen LogP) is 1.63. The Kier molecular flexibility index (Phi) is 5.07. The van der Waals surface area contributed by atoms with Crippen LogP contribution in [0.2, 0.25) is 0 Å². The number of nitro groups is 1. The Morgan fingerprint density at radius 1 is 1.53 bits per heavy atom. The first-order valence-electron chi connectivity index (χ1n) is 4.89. The Morgan fingerprint density at radius 2 is 2.21 bits per heavy atom. The Labute approximate surface area is 114 Å². The maximum atomic E-state index is 10.8. The lowest BCUT2D eigenvalue weighted by molar-refractivity contribution is -0.383. The van der Waals surface area contributed by atoms with Gasteiger partial charge in [-0.05, 0) is 24.4 Å². The van der Waals surface area contributed by atoms with E-state index in [-0.39, 0.29) is 23.6 Å². The van der Waals surface area contributed by atoms with Gasteiger partial charge in [0.1, 0.15) is 5.69 Å². The van der Waals surface area contributed by atoms with E-state index in [4.69, 9.17) is 4.55 Å². The van der Waals surface area contributed by atoms with Crippen LogP contribution >= 0.6 is 12.2 Å². The van der Waals surface area contributed by atoms with Gasteiger partial charge in [0.2, 0.25) is 0 Å². The molecule has 0 unspecified atom stereocenters. The molecule has 2 N–H and O–H groups in total. The summed E-state index contributed by atoms with van der Waals surface area (Å²) in [5.74, 6) is -0.552. The number of benzene rings is 1. The molecular weight excluding hydrogens is 294 g/mol. The highest BCUT2D eigenvalue weighted by atomic mass is 32.2. The topological polar surface area (TPSA) is 122 Å². The second kappa shape index (κ2) is 6.34. The standard InChI is InChI=1S/C9H9N3O5S2/c13-12(14)9-5-7(11-6-18)1-2-8(9)10-3-4-19(15,16)17/h1-2,5,10H,3-4H2,(H,15,16,17). The summed E-state index contributed by atoms with van der Waals surface area (Å²) in [4.78, 5) is 13.8. The highest BCUT2D eigenvalue weighted by Crippen LogP contribution is 2.28. The minimum atomic E-state index is -4.12. The molecule has 0 fully saturated rings. The number of nitrogens with one attached hydrogen (secondary N) is 1. The smallest absolute Gasteiger partial charge is 0.294 e. The van der Waals surface area contributed by atoms with E-state index in [1.54, 1.807) is 0 Å². The van der Waals surface area contributed by atoms with Gasteiger partial charge < -0.3 is 5.32 Å². The molecule has 102 valence electrons. The molecule has 0 aliphatic carbocycles. The molecule has 0 aliphatic rings. The minimum absolute atomic E-state index is 0.122. The summed E-state index contributed by atoms with van der Waals surface area (Å²) >= 11 is 4.39. The van der Waals surface area contributed by atoms with Crippen molar-refractivity contribution in [3.05, 3.63) is 28.3 Å². The van der Waals surface area contributed by atoms with Gasteiger partial charge in [0.15, 0.2) is 0 Å². The van der Waals surface area contributed by atoms with Crippen molar-refractivity contribution in [2.75, 3.05) is 17.6 Å². The van der Waals surface area contributed by atoms with Gasteiger partial charge in [-0.1, -0.05) is 0 Å². The molecule has 0 heterocycles. The van der Waals surface area contributed by atoms with Crippen molar-refractivity contribution in [2.24, 2.45) is 4.99 Å². The van der Waals surface area contributed by atoms with Crippen LogP contribution in [-0.2, 0) is 10.1 Å². The fraction of sp³-hybridized carbons (Fsp3) is 0.222. The normalized spacial score (nSPS) is 10.6. The van der Waals surface area contributed by atoms with Crippen LogP contribution in [0, 0.1) is 10.1 Å². The van der Waals surface area contributed by atoms with Crippen LogP contribution in [0.15, 0.2) is 23.2 Å². The number of nitro benzene ring substituents is 1. The van der Waals surface area contributed by atoms with E-state index in [1.807, 2.05) is 0 Å². The number of isothiocyanates is 1. The molecule has 1 aromatic carbocycles. The average molecular weight is 303 g/mol. The highest BCUT2D eigenvalue weighted by molar-refractivity contribution is 7.85. The maximum absolute atomic E-state index is 10.8. The molecule has 0 saturated heterocycles. The Balaban J connectivity index is 2.94. The zero-order valence-corrected chi connectivity index (χ0v) is 11.1. The Morgan fingerprint density at radius 3 is 2.74 bits per heavy atom. The third kappa shape index (κ3) is 5.10. The largest absolute Gasteiger partial charge is 0.378 e. The van der Waals surface area contributed by atoms with E-state index in [1.165, 1.54) is 18.2 Å². The van der Waals surface area contributed by atoms with Gasteiger partial charge in [-0.3, -0.25) is 14.7 Å². The first-order chi connectivity index (χ1) is 8.83. The fourth-order valence-electron chi connectivity index (χ4n) is 1.26. The van der Waals surface area contributed by atoms with Crippen molar-refractivity contribution in [3.8, 4) is 0 Å². The average Bonchev–Trinajstić information content (AvgIpc) is 2.29. The highest BCUT2D eigenvalue weighted by Gasteiger charge is 2.15. The summed E-state index contributed by atoms with van der Waals surface area (Å²) in [6.07, 6.45) is 0. The van der Waals surface area contributed by atoms with E-state index in [9.17, 15) is 18.5 Å². The lowest BCUT2D eigenvalue weighted by Gasteiger charge is -2.06. The van der Waals surface area contributed by atoms with Crippen molar-refractivity contribution in [1.29, 1.82) is 0 Å². The van der Waals surface area contributed by atoms with Crippen molar-refractivity contribution < 1.29 is 17.9 Å². The monoisotopic (exact) mass is 303 g/mol. The number of hydrogen-bond donors (Lipinski definition) is 2. The summed E-state index contributed by atoms with van der Waals surface area (Å²) in [7, 11) is -4.12. The van der Waals surface area contributed by atoms with Gasteiger partial charge in [0, 0.05) is 12.6 Å². The molecule has 0 atom stereocenters. The van der Waals surface area contributed by atoms with Gasteiger partial charge in [-0.2, -0.15) is 13.4 Å². The van der Waals surface area contributed by atoms with Crippen LogP contribution in [0.4, 0.5) is 17.1 Å². The summed E-state index contributed by atoms with van der Waals surface area (Å²) in [5.41, 5.74) is 0.112. The molecular formula is C9H9N3O5S2. The number of aliphatic imine (C=N–C) groups is 1. The van der Waals surface area contributed by atoms with Crippen LogP contribution in [0.25, 0.3) is 0 Å². The Hall–Kier alpha value is -1.87. The van der Waals surface area contributed by atoms with E-state index in [2.05, 4.69) is 27.7 Å². The van der Waals surface area contributed by atoms with Gasteiger partial charge in [-0.15, -0.1) is 0 Å². The van der Waals surface area contributed by atoms with Crippen LogP contribution < -0.4 is 5.32 Å². The van der Waals surface area contributed by atoms with Gasteiger partial charge in [0.05, 0.1) is 21.5 Å². The molecule has 0 aromatic heterocycles. The molecule has 19 heavy (non-hydrogen) atoms. The van der Waals surface area contributed by atoms with E-state index < -0.39 is 20.8 Å². The SMILES string of the molecule is O=[N+]([O-])c1cc(N=C=S)ccc1NCCS(=O)(=O)O. The molecule has 0 amide bonds. The summed E-state index contributed by atoms with van der Waals surface area (Å²) in [6.45, 7) is -0.157. The van der Waals surface area contributed by atoms with Crippen LogP contribution in [0.1, 0.15) is 0 Å². The minimum Gasteiger partial charge on any atom is -0.378 e. The number of anilines is 1. The summed E-state index contributed by atoms with van der Waals surface area (Å²) in [5, 5.41) is 15.5. The zero-order valence-electron chi connectivity index (χ0n) is 9.44. The fourth-order valence-corrected chi connectivity index (χ4v) is 1.72. The molecule has 1 rings (SSSR count). The predicted molar refractivity (Wildman–Crippen MR) is 72.7 cm³/mol. The molecule has 0 spiro atoms. The first kappa shape index (κ1) is 15.2. The summed E-state index contributed by atoms with van der Waals surface area (Å²) in [6, 6.07) is 4.00. The molecule has 1 aromatic rings. The summed E-state index contributed by atoms with van der Waals surface area (Å²) < 4.78 is 29.6. The molecule has 0 aliphatic heterocycles. The van der Waals surface area contributed by atoms with Crippen molar-refractivity contribution in [2.45, 2.75) is 0 Å². The van der Waals surface area contributed by atoms with Crippen molar-refractivity contribution in [3.63, 3.8) is 0 Å². The lowest BCUT2D eigenvalue weighted by Crippen LogP contribution is -2.15. The first-order valence-corrected chi connectivity index (χ1v) is 6.90. The lowest BCUT2D eigenvalue weighted by atomic mass is 10.2. The number of thiocarbonyl (C=S) groups is 1. The third-order valence-corrected chi connectivity index (χ3v) is 2.84. The van der Waals surface area contributed by atoms with Crippen LogP contribution in [0.3, 0.4) is 0 Å². The zero-order chi connectivity index (χ0) is 14.5. The maximum Gasteiger partial charge on any atom is 0.294 e.